The Morgan fingerprint density at radius 3 is 2.45 bits per heavy atom. The highest BCUT2D eigenvalue weighted by Crippen LogP contribution is 2.19. The van der Waals surface area contributed by atoms with E-state index in [0.29, 0.717) is 6.42 Å². The van der Waals surface area contributed by atoms with Crippen molar-refractivity contribution in [2.75, 3.05) is 6.61 Å². The SMILES string of the molecule is CCc1ccccc1C(=O)NC(CCCO)c1ccccc1. The molecule has 0 saturated heterocycles. The van der Waals surface area contributed by atoms with Crippen molar-refractivity contribution in [1.82, 2.24) is 5.32 Å². The fourth-order valence-electron chi connectivity index (χ4n) is 2.59. The lowest BCUT2D eigenvalue weighted by molar-refractivity contribution is 0.0931. The Morgan fingerprint density at radius 1 is 1.09 bits per heavy atom. The minimum atomic E-state index is -0.0780. The summed E-state index contributed by atoms with van der Waals surface area (Å²) in [6, 6.07) is 17.5. The molecule has 0 aliphatic heterocycles. The number of benzene rings is 2. The third-order valence-corrected chi connectivity index (χ3v) is 3.80. The average Bonchev–Trinajstić information content (AvgIpc) is 2.59. The van der Waals surface area contributed by atoms with E-state index in [1.54, 1.807) is 0 Å². The minimum Gasteiger partial charge on any atom is -0.396 e. The molecule has 0 bridgehead atoms. The molecule has 3 nitrogen and oxygen atoms in total. The summed E-state index contributed by atoms with van der Waals surface area (Å²) in [6.45, 7) is 2.18. The Labute approximate surface area is 132 Å². The largest absolute Gasteiger partial charge is 0.396 e. The number of hydrogen-bond donors (Lipinski definition) is 2. The maximum Gasteiger partial charge on any atom is 0.252 e. The molecule has 2 rings (SSSR count). The Morgan fingerprint density at radius 2 is 1.77 bits per heavy atom. The predicted molar refractivity (Wildman–Crippen MR) is 88.8 cm³/mol. The van der Waals surface area contributed by atoms with Gasteiger partial charge in [-0.3, -0.25) is 4.79 Å². The van der Waals surface area contributed by atoms with Gasteiger partial charge in [0.15, 0.2) is 0 Å². The second-order valence-corrected chi connectivity index (χ2v) is 5.31. The molecule has 2 aromatic rings. The van der Waals surface area contributed by atoms with Crippen molar-refractivity contribution in [2.24, 2.45) is 0 Å². The van der Waals surface area contributed by atoms with Gasteiger partial charge in [0.1, 0.15) is 0 Å². The molecule has 0 spiro atoms. The smallest absolute Gasteiger partial charge is 0.252 e. The molecule has 1 atom stereocenters. The molecule has 0 aliphatic rings. The average molecular weight is 297 g/mol. The minimum absolute atomic E-state index is 0.0516. The quantitative estimate of drug-likeness (QED) is 0.822. The zero-order valence-corrected chi connectivity index (χ0v) is 13.0. The Bertz CT molecular complexity index is 595. The molecule has 0 heterocycles. The third kappa shape index (κ3) is 4.18. The molecule has 2 N–H and O–H groups in total. The van der Waals surface area contributed by atoms with Gasteiger partial charge in [0.2, 0.25) is 0 Å². The molecule has 116 valence electrons. The summed E-state index contributed by atoms with van der Waals surface area (Å²) in [7, 11) is 0. The lowest BCUT2D eigenvalue weighted by Gasteiger charge is -2.20. The van der Waals surface area contributed by atoms with Crippen molar-refractivity contribution in [1.29, 1.82) is 0 Å². The van der Waals surface area contributed by atoms with E-state index < -0.39 is 0 Å². The van der Waals surface area contributed by atoms with Gasteiger partial charge in [0.05, 0.1) is 6.04 Å². The fourth-order valence-corrected chi connectivity index (χ4v) is 2.59. The van der Waals surface area contributed by atoms with E-state index in [4.69, 9.17) is 5.11 Å². The van der Waals surface area contributed by atoms with Crippen LogP contribution < -0.4 is 5.32 Å². The van der Waals surface area contributed by atoms with Crippen molar-refractivity contribution >= 4 is 5.91 Å². The van der Waals surface area contributed by atoms with E-state index in [1.165, 1.54) is 0 Å². The molecule has 1 unspecified atom stereocenters. The Kier molecular flexibility index (Phi) is 6.16. The van der Waals surface area contributed by atoms with Gasteiger partial charge < -0.3 is 10.4 Å². The summed E-state index contributed by atoms with van der Waals surface area (Å²) in [5, 5.41) is 12.2. The molecular weight excluding hydrogens is 274 g/mol. The fraction of sp³-hybridized carbons (Fsp3) is 0.316. The Balaban J connectivity index is 2.17. The van der Waals surface area contributed by atoms with Crippen LogP contribution in [0.15, 0.2) is 54.6 Å². The first-order chi connectivity index (χ1) is 10.8. The van der Waals surface area contributed by atoms with Gasteiger partial charge in [-0.2, -0.15) is 0 Å². The van der Waals surface area contributed by atoms with E-state index >= 15 is 0 Å². The molecule has 1 amide bonds. The van der Waals surface area contributed by atoms with Crippen molar-refractivity contribution in [3.63, 3.8) is 0 Å². The summed E-state index contributed by atoms with van der Waals surface area (Å²) in [4.78, 5) is 12.6. The maximum atomic E-state index is 12.6. The molecule has 0 aromatic heterocycles. The van der Waals surface area contributed by atoms with Crippen LogP contribution in [-0.2, 0) is 6.42 Å². The highest BCUT2D eigenvalue weighted by Gasteiger charge is 2.16. The van der Waals surface area contributed by atoms with Crippen LogP contribution in [0.4, 0.5) is 0 Å². The highest BCUT2D eigenvalue weighted by atomic mass is 16.3. The Hall–Kier alpha value is -2.13. The number of nitrogens with one attached hydrogen (secondary N) is 1. The van der Waals surface area contributed by atoms with Crippen molar-refractivity contribution in [3.05, 3.63) is 71.3 Å². The summed E-state index contributed by atoms with van der Waals surface area (Å²) in [5.74, 6) is -0.0516. The second-order valence-electron chi connectivity index (χ2n) is 5.31. The van der Waals surface area contributed by atoms with Crippen molar-refractivity contribution < 1.29 is 9.90 Å². The van der Waals surface area contributed by atoms with E-state index in [2.05, 4.69) is 5.32 Å². The molecule has 0 radical (unpaired) electrons. The number of rotatable bonds is 7. The summed E-state index contributed by atoms with van der Waals surface area (Å²) < 4.78 is 0. The maximum absolute atomic E-state index is 12.6. The number of carbonyl (C=O) groups excluding carboxylic acids is 1. The summed E-state index contributed by atoms with van der Waals surface area (Å²) in [5.41, 5.74) is 2.85. The molecule has 22 heavy (non-hydrogen) atoms. The number of carbonyl (C=O) groups is 1. The number of hydrogen-bond acceptors (Lipinski definition) is 2. The lowest BCUT2D eigenvalue weighted by Crippen LogP contribution is -2.29. The predicted octanol–water partition coefficient (Wildman–Crippen LogP) is 3.49. The van der Waals surface area contributed by atoms with Crippen LogP contribution >= 0.6 is 0 Å². The normalized spacial score (nSPS) is 11.9. The number of aliphatic hydroxyl groups is 1. The molecule has 0 saturated carbocycles. The zero-order valence-electron chi connectivity index (χ0n) is 13.0. The van der Waals surface area contributed by atoms with Gasteiger partial charge in [-0.1, -0.05) is 55.5 Å². The van der Waals surface area contributed by atoms with E-state index in [9.17, 15) is 4.79 Å². The lowest BCUT2D eigenvalue weighted by atomic mass is 10.00. The van der Waals surface area contributed by atoms with Gasteiger partial charge in [-0.05, 0) is 36.5 Å². The first-order valence-electron chi connectivity index (χ1n) is 7.80. The number of aliphatic hydroxyl groups excluding tert-OH is 1. The molecule has 3 heteroatoms. The van der Waals surface area contributed by atoms with Crippen LogP contribution in [-0.4, -0.2) is 17.6 Å². The second kappa shape index (κ2) is 8.35. The number of amides is 1. The molecular formula is C19H23NO2. The molecule has 0 fully saturated rings. The van der Waals surface area contributed by atoms with Crippen LogP contribution in [0.3, 0.4) is 0 Å². The monoisotopic (exact) mass is 297 g/mol. The summed E-state index contributed by atoms with van der Waals surface area (Å²) >= 11 is 0. The van der Waals surface area contributed by atoms with Gasteiger partial charge in [0.25, 0.3) is 5.91 Å². The highest BCUT2D eigenvalue weighted by molar-refractivity contribution is 5.95. The van der Waals surface area contributed by atoms with Crippen LogP contribution in [0.2, 0.25) is 0 Å². The first-order valence-corrected chi connectivity index (χ1v) is 7.80. The van der Waals surface area contributed by atoms with Crippen molar-refractivity contribution in [2.45, 2.75) is 32.2 Å². The van der Waals surface area contributed by atoms with E-state index in [0.717, 1.165) is 29.5 Å². The topological polar surface area (TPSA) is 49.3 Å². The van der Waals surface area contributed by atoms with E-state index in [-0.39, 0.29) is 18.6 Å². The standard InChI is InChI=1S/C19H23NO2/c1-2-15-9-6-7-12-17(15)19(22)20-18(13-8-14-21)16-10-4-3-5-11-16/h3-7,9-12,18,21H,2,8,13-14H2,1H3,(H,20,22). The molecule has 2 aromatic carbocycles. The van der Waals surface area contributed by atoms with Crippen LogP contribution in [0.25, 0.3) is 0 Å². The van der Waals surface area contributed by atoms with Crippen LogP contribution in [0.5, 0.6) is 0 Å². The molecule has 0 aliphatic carbocycles. The number of aryl methyl sites for hydroxylation is 1. The van der Waals surface area contributed by atoms with Gasteiger partial charge in [0, 0.05) is 12.2 Å². The van der Waals surface area contributed by atoms with Gasteiger partial charge in [-0.15, -0.1) is 0 Å². The van der Waals surface area contributed by atoms with Crippen molar-refractivity contribution in [3.8, 4) is 0 Å². The zero-order chi connectivity index (χ0) is 15.8. The third-order valence-electron chi connectivity index (χ3n) is 3.80. The van der Waals surface area contributed by atoms with E-state index in [1.807, 2.05) is 61.5 Å². The van der Waals surface area contributed by atoms with Crippen LogP contribution in [0.1, 0.15) is 47.3 Å². The van der Waals surface area contributed by atoms with Crippen LogP contribution in [0, 0.1) is 0 Å². The van der Waals surface area contributed by atoms with Gasteiger partial charge >= 0.3 is 0 Å². The first kappa shape index (κ1) is 16.2. The van der Waals surface area contributed by atoms with Gasteiger partial charge in [-0.25, -0.2) is 0 Å². The summed E-state index contributed by atoms with van der Waals surface area (Å²) in [6.07, 6.45) is 2.21.